The summed E-state index contributed by atoms with van der Waals surface area (Å²) in [5.74, 6) is 0.935. The number of benzene rings is 1. The molecule has 0 spiro atoms. The Morgan fingerprint density at radius 3 is 2.17 bits per heavy atom. The summed E-state index contributed by atoms with van der Waals surface area (Å²) in [5.41, 5.74) is 1.38. The summed E-state index contributed by atoms with van der Waals surface area (Å²) in [6.07, 6.45) is 2.36. The third-order valence-electron chi connectivity index (χ3n) is 1.70. The topological polar surface area (TPSA) is 9.23 Å². The predicted octanol–water partition coefficient (Wildman–Crippen LogP) is 3.28. The monoisotopic (exact) mass is 166 g/mol. The van der Waals surface area contributed by atoms with Crippen LogP contribution in [-0.4, -0.2) is 7.11 Å². The zero-order valence-electron chi connectivity index (χ0n) is 7.13. The van der Waals surface area contributed by atoms with E-state index in [4.69, 9.17) is 4.74 Å². The SMILES string of the molecule is C.CCCc1ccc(OC)cc1. The van der Waals surface area contributed by atoms with Crippen LogP contribution in [0.15, 0.2) is 24.3 Å². The Kier molecular flexibility index (Phi) is 5.18. The summed E-state index contributed by atoms with van der Waals surface area (Å²) in [6.45, 7) is 2.18. The summed E-state index contributed by atoms with van der Waals surface area (Å²) in [7, 11) is 1.69. The highest BCUT2D eigenvalue weighted by molar-refractivity contribution is 5.27. The molecule has 68 valence electrons. The Labute approximate surface area is 75.4 Å². The molecule has 1 heteroatoms. The second-order valence-corrected chi connectivity index (χ2v) is 2.60. The number of hydrogen-bond donors (Lipinski definition) is 0. The predicted molar refractivity (Wildman–Crippen MR) is 53.7 cm³/mol. The van der Waals surface area contributed by atoms with E-state index in [0.29, 0.717) is 0 Å². The first kappa shape index (κ1) is 11.0. The molecule has 12 heavy (non-hydrogen) atoms. The molecule has 1 aromatic rings. The van der Waals surface area contributed by atoms with Crippen molar-refractivity contribution in [3.63, 3.8) is 0 Å². The van der Waals surface area contributed by atoms with Gasteiger partial charge in [0.2, 0.25) is 0 Å². The van der Waals surface area contributed by atoms with Gasteiger partial charge in [-0.1, -0.05) is 32.9 Å². The minimum Gasteiger partial charge on any atom is -0.497 e. The molecule has 0 radical (unpaired) electrons. The van der Waals surface area contributed by atoms with Crippen LogP contribution in [0.2, 0.25) is 0 Å². The fourth-order valence-corrected chi connectivity index (χ4v) is 1.08. The molecule has 0 aliphatic carbocycles. The molecular formula is C11H18O. The molecule has 1 rings (SSSR count). The van der Waals surface area contributed by atoms with Crippen molar-refractivity contribution in [3.8, 4) is 5.75 Å². The van der Waals surface area contributed by atoms with Gasteiger partial charge in [0.05, 0.1) is 7.11 Å². The summed E-state index contributed by atoms with van der Waals surface area (Å²) < 4.78 is 5.05. The molecule has 0 amide bonds. The van der Waals surface area contributed by atoms with E-state index in [2.05, 4.69) is 19.1 Å². The summed E-state index contributed by atoms with van der Waals surface area (Å²) >= 11 is 0. The quantitative estimate of drug-likeness (QED) is 0.669. The van der Waals surface area contributed by atoms with Crippen molar-refractivity contribution in [1.29, 1.82) is 0 Å². The smallest absolute Gasteiger partial charge is 0.118 e. The molecule has 0 unspecified atom stereocenters. The minimum absolute atomic E-state index is 0. The van der Waals surface area contributed by atoms with Crippen molar-refractivity contribution in [1.82, 2.24) is 0 Å². The molecular weight excluding hydrogens is 148 g/mol. The molecule has 1 nitrogen and oxygen atoms in total. The van der Waals surface area contributed by atoms with Gasteiger partial charge in [-0.3, -0.25) is 0 Å². The summed E-state index contributed by atoms with van der Waals surface area (Å²) in [5, 5.41) is 0. The van der Waals surface area contributed by atoms with E-state index in [-0.39, 0.29) is 7.43 Å². The molecule has 0 saturated carbocycles. The molecule has 0 aliphatic rings. The average molecular weight is 166 g/mol. The standard InChI is InChI=1S/C10H14O.CH4/c1-3-4-9-5-7-10(11-2)8-6-9;/h5-8H,3-4H2,1-2H3;1H4. The van der Waals surface area contributed by atoms with Crippen molar-refractivity contribution in [2.45, 2.75) is 27.2 Å². The van der Waals surface area contributed by atoms with Gasteiger partial charge >= 0.3 is 0 Å². The molecule has 1 aromatic carbocycles. The molecule has 0 bridgehead atoms. The van der Waals surface area contributed by atoms with Crippen LogP contribution in [0.25, 0.3) is 0 Å². The van der Waals surface area contributed by atoms with Gasteiger partial charge in [0.1, 0.15) is 5.75 Å². The van der Waals surface area contributed by atoms with Gasteiger partial charge in [-0.05, 0) is 24.1 Å². The van der Waals surface area contributed by atoms with Gasteiger partial charge in [0.15, 0.2) is 0 Å². The van der Waals surface area contributed by atoms with Crippen LogP contribution in [0.1, 0.15) is 26.3 Å². The summed E-state index contributed by atoms with van der Waals surface area (Å²) in [6, 6.07) is 8.24. The Hall–Kier alpha value is -0.980. The van der Waals surface area contributed by atoms with Crippen molar-refractivity contribution < 1.29 is 4.74 Å². The third kappa shape index (κ3) is 2.95. The van der Waals surface area contributed by atoms with E-state index >= 15 is 0 Å². The highest BCUT2D eigenvalue weighted by Gasteiger charge is 1.91. The summed E-state index contributed by atoms with van der Waals surface area (Å²) in [4.78, 5) is 0. The molecule has 0 aliphatic heterocycles. The van der Waals surface area contributed by atoms with Crippen LogP contribution < -0.4 is 4.74 Å². The lowest BCUT2D eigenvalue weighted by Gasteiger charge is -2.00. The largest absolute Gasteiger partial charge is 0.497 e. The van der Waals surface area contributed by atoms with Crippen LogP contribution in [-0.2, 0) is 6.42 Å². The first-order valence-corrected chi connectivity index (χ1v) is 3.99. The normalized spacial score (nSPS) is 8.83. The Morgan fingerprint density at radius 1 is 1.17 bits per heavy atom. The van der Waals surface area contributed by atoms with E-state index in [0.717, 1.165) is 12.2 Å². The molecule has 0 N–H and O–H groups in total. The van der Waals surface area contributed by atoms with Gasteiger partial charge < -0.3 is 4.74 Å². The van der Waals surface area contributed by atoms with Crippen molar-refractivity contribution in [2.24, 2.45) is 0 Å². The molecule has 0 aromatic heterocycles. The van der Waals surface area contributed by atoms with Gasteiger partial charge in [-0.25, -0.2) is 0 Å². The Bertz CT molecular complexity index is 201. The molecule has 0 saturated heterocycles. The zero-order valence-corrected chi connectivity index (χ0v) is 7.13. The maximum Gasteiger partial charge on any atom is 0.118 e. The van der Waals surface area contributed by atoms with E-state index in [1.54, 1.807) is 7.11 Å². The fourth-order valence-electron chi connectivity index (χ4n) is 1.08. The van der Waals surface area contributed by atoms with Gasteiger partial charge in [-0.2, -0.15) is 0 Å². The first-order chi connectivity index (χ1) is 5.36. The highest BCUT2D eigenvalue weighted by Crippen LogP contribution is 2.11. The van der Waals surface area contributed by atoms with Gasteiger partial charge in [0.25, 0.3) is 0 Å². The maximum absolute atomic E-state index is 5.05. The minimum atomic E-state index is 0. The zero-order chi connectivity index (χ0) is 8.10. The van der Waals surface area contributed by atoms with Crippen LogP contribution in [0.3, 0.4) is 0 Å². The second kappa shape index (κ2) is 5.64. The van der Waals surface area contributed by atoms with Crippen LogP contribution >= 0.6 is 0 Å². The lowest BCUT2D eigenvalue weighted by Crippen LogP contribution is -1.84. The van der Waals surface area contributed by atoms with E-state index in [9.17, 15) is 0 Å². The number of aryl methyl sites for hydroxylation is 1. The Balaban J connectivity index is 0.00000121. The maximum atomic E-state index is 5.05. The van der Waals surface area contributed by atoms with Crippen molar-refractivity contribution in [2.75, 3.05) is 7.11 Å². The van der Waals surface area contributed by atoms with Crippen LogP contribution in [0, 0.1) is 0 Å². The lowest BCUT2D eigenvalue weighted by atomic mass is 10.1. The van der Waals surface area contributed by atoms with Crippen molar-refractivity contribution in [3.05, 3.63) is 29.8 Å². The van der Waals surface area contributed by atoms with E-state index in [1.165, 1.54) is 12.0 Å². The van der Waals surface area contributed by atoms with Crippen molar-refractivity contribution >= 4 is 0 Å². The third-order valence-corrected chi connectivity index (χ3v) is 1.70. The fraction of sp³-hybridized carbons (Fsp3) is 0.455. The van der Waals surface area contributed by atoms with E-state index < -0.39 is 0 Å². The molecule has 0 atom stereocenters. The van der Waals surface area contributed by atoms with Gasteiger partial charge in [-0.15, -0.1) is 0 Å². The number of hydrogen-bond acceptors (Lipinski definition) is 1. The molecule has 0 heterocycles. The second-order valence-electron chi connectivity index (χ2n) is 2.60. The van der Waals surface area contributed by atoms with Crippen LogP contribution in [0.4, 0.5) is 0 Å². The molecule has 0 fully saturated rings. The number of rotatable bonds is 3. The Morgan fingerprint density at radius 2 is 1.75 bits per heavy atom. The average Bonchev–Trinajstić information content (AvgIpc) is 2.07. The van der Waals surface area contributed by atoms with Gasteiger partial charge in [0, 0.05) is 0 Å². The lowest BCUT2D eigenvalue weighted by molar-refractivity contribution is 0.414. The number of methoxy groups -OCH3 is 1. The van der Waals surface area contributed by atoms with E-state index in [1.807, 2.05) is 12.1 Å². The highest BCUT2D eigenvalue weighted by atomic mass is 16.5. The first-order valence-electron chi connectivity index (χ1n) is 3.99. The van der Waals surface area contributed by atoms with Crippen LogP contribution in [0.5, 0.6) is 5.75 Å². The number of ether oxygens (including phenoxy) is 1.